The minimum atomic E-state index is -0.463. The van der Waals surface area contributed by atoms with Gasteiger partial charge in [-0.1, -0.05) is 18.2 Å². The van der Waals surface area contributed by atoms with E-state index >= 15 is 0 Å². The quantitative estimate of drug-likeness (QED) is 0.878. The normalized spacial score (nSPS) is 22.9. The monoisotopic (exact) mass is 341 g/mol. The van der Waals surface area contributed by atoms with Gasteiger partial charge in [0.25, 0.3) is 5.91 Å². The van der Waals surface area contributed by atoms with Crippen molar-refractivity contribution in [2.24, 2.45) is 0 Å². The van der Waals surface area contributed by atoms with Gasteiger partial charge in [-0.05, 0) is 31.7 Å². The molecule has 1 aromatic carbocycles. The van der Waals surface area contributed by atoms with Crippen LogP contribution in [0, 0.1) is 0 Å². The Kier molecular flexibility index (Phi) is 4.31. The first-order valence-corrected chi connectivity index (χ1v) is 8.90. The molecule has 2 N–H and O–H groups in total. The molecule has 3 heterocycles. The summed E-state index contributed by atoms with van der Waals surface area (Å²) in [7, 11) is 0. The molecule has 1 amide bonds. The summed E-state index contributed by atoms with van der Waals surface area (Å²) in [5.41, 5.74) is 1.00. The number of aliphatic hydroxyl groups excluding tert-OH is 1. The predicted molar refractivity (Wildman–Crippen MR) is 93.1 cm³/mol. The lowest BCUT2D eigenvalue weighted by Gasteiger charge is -2.46. The zero-order chi connectivity index (χ0) is 17.3. The zero-order valence-corrected chi connectivity index (χ0v) is 14.1. The number of aromatic nitrogens is 2. The highest BCUT2D eigenvalue weighted by Crippen LogP contribution is 2.36. The molecule has 0 aliphatic carbocycles. The molecule has 6 heteroatoms. The molecule has 0 radical (unpaired) electrons. The molecule has 25 heavy (non-hydrogen) atoms. The maximum absolute atomic E-state index is 13.0. The van der Waals surface area contributed by atoms with Crippen LogP contribution in [-0.4, -0.2) is 57.3 Å². The van der Waals surface area contributed by atoms with Crippen LogP contribution in [0.3, 0.4) is 0 Å². The van der Waals surface area contributed by atoms with Crippen molar-refractivity contribution in [1.29, 1.82) is 0 Å². The van der Waals surface area contributed by atoms with Crippen LogP contribution < -0.4 is 0 Å². The number of benzene rings is 1. The maximum Gasteiger partial charge on any atom is 0.254 e. The lowest BCUT2D eigenvalue weighted by Crippen LogP contribution is -2.56. The number of hydrogen-bond acceptors (Lipinski definition) is 4. The van der Waals surface area contributed by atoms with Crippen molar-refractivity contribution in [3.63, 3.8) is 0 Å². The van der Waals surface area contributed by atoms with E-state index in [1.807, 2.05) is 29.2 Å². The lowest BCUT2D eigenvalue weighted by molar-refractivity contribution is -0.174. The van der Waals surface area contributed by atoms with Crippen molar-refractivity contribution < 1.29 is 14.6 Å². The molecular weight excluding hydrogens is 318 g/mol. The van der Waals surface area contributed by atoms with Gasteiger partial charge in [-0.15, -0.1) is 0 Å². The third kappa shape index (κ3) is 2.96. The Morgan fingerprint density at radius 2 is 2.12 bits per heavy atom. The van der Waals surface area contributed by atoms with Gasteiger partial charge >= 0.3 is 0 Å². The zero-order valence-electron chi connectivity index (χ0n) is 14.1. The van der Waals surface area contributed by atoms with Crippen molar-refractivity contribution >= 4 is 5.91 Å². The molecule has 6 nitrogen and oxygen atoms in total. The fourth-order valence-electron chi connectivity index (χ4n) is 3.94. The van der Waals surface area contributed by atoms with Crippen LogP contribution in [0.25, 0.3) is 11.4 Å². The van der Waals surface area contributed by atoms with Crippen LogP contribution in [0.15, 0.2) is 36.7 Å². The van der Waals surface area contributed by atoms with E-state index in [4.69, 9.17) is 4.74 Å². The van der Waals surface area contributed by atoms with E-state index in [-0.39, 0.29) is 5.91 Å². The van der Waals surface area contributed by atoms with Gasteiger partial charge in [0.15, 0.2) is 0 Å². The number of carbonyl (C=O) groups excluding carboxylic acids is 1. The molecule has 1 atom stereocenters. The minimum Gasteiger partial charge on any atom is -0.390 e. The van der Waals surface area contributed by atoms with Gasteiger partial charge in [-0.3, -0.25) is 4.79 Å². The number of carbonyl (C=O) groups is 1. The number of H-pyrrole nitrogens is 1. The number of rotatable bonds is 2. The van der Waals surface area contributed by atoms with Crippen molar-refractivity contribution in [3.05, 3.63) is 42.2 Å². The van der Waals surface area contributed by atoms with Gasteiger partial charge in [-0.2, -0.15) is 0 Å². The summed E-state index contributed by atoms with van der Waals surface area (Å²) < 4.78 is 5.93. The van der Waals surface area contributed by atoms with E-state index in [1.165, 1.54) is 0 Å². The van der Waals surface area contributed by atoms with Gasteiger partial charge in [0.1, 0.15) is 5.82 Å². The van der Waals surface area contributed by atoms with E-state index in [0.29, 0.717) is 43.9 Å². The average molecular weight is 341 g/mol. The number of nitrogens with zero attached hydrogens (tertiary/aromatic N) is 2. The van der Waals surface area contributed by atoms with Crippen molar-refractivity contribution in [2.45, 2.75) is 37.4 Å². The molecule has 1 spiro atoms. The molecule has 132 valence electrons. The van der Waals surface area contributed by atoms with Gasteiger partial charge in [0, 0.05) is 37.7 Å². The first-order chi connectivity index (χ1) is 12.2. The summed E-state index contributed by atoms with van der Waals surface area (Å²) in [5.74, 6) is 0.704. The van der Waals surface area contributed by atoms with E-state index < -0.39 is 11.7 Å². The van der Waals surface area contributed by atoms with E-state index in [1.54, 1.807) is 12.4 Å². The van der Waals surface area contributed by atoms with Crippen LogP contribution in [0.2, 0.25) is 0 Å². The maximum atomic E-state index is 13.0. The second kappa shape index (κ2) is 6.61. The molecule has 2 saturated heterocycles. The third-order valence-electron chi connectivity index (χ3n) is 5.43. The molecule has 2 aliphatic rings. The number of imidazole rings is 1. The number of nitrogens with one attached hydrogen (secondary N) is 1. The van der Waals surface area contributed by atoms with Crippen LogP contribution >= 0.6 is 0 Å². The Morgan fingerprint density at radius 3 is 2.84 bits per heavy atom. The SMILES string of the molecule is O=C(c1ccccc1-c1ncc[nH]1)N1CCC2(CC1)OCCC[C@@H]2O. The molecule has 2 fully saturated rings. The summed E-state index contributed by atoms with van der Waals surface area (Å²) >= 11 is 0. The first-order valence-electron chi connectivity index (χ1n) is 8.90. The average Bonchev–Trinajstić information content (AvgIpc) is 3.19. The molecule has 4 rings (SSSR count). The fourth-order valence-corrected chi connectivity index (χ4v) is 3.94. The number of likely N-dealkylation sites (tertiary alicyclic amines) is 1. The van der Waals surface area contributed by atoms with E-state index in [9.17, 15) is 9.90 Å². The Balaban J connectivity index is 1.52. The summed E-state index contributed by atoms with van der Waals surface area (Å²) in [6.07, 6.45) is 6.07. The van der Waals surface area contributed by atoms with Crippen LogP contribution in [0.1, 0.15) is 36.0 Å². The number of piperidine rings is 1. The summed E-state index contributed by atoms with van der Waals surface area (Å²) in [6.45, 7) is 1.90. The smallest absolute Gasteiger partial charge is 0.254 e. The van der Waals surface area contributed by atoms with Crippen molar-refractivity contribution in [2.75, 3.05) is 19.7 Å². The Bertz CT molecular complexity index is 736. The van der Waals surface area contributed by atoms with Crippen LogP contribution in [-0.2, 0) is 4.74 Å². The lowest BCUT2D eigenvalue weighted by atomic mass is 9.82. The largest absolute Gasteiger partial charge is 0.390 e. The minimum absolute atomic E-state index is 0.00662. The molecule has 2 aliphatic heterocycles. The van der Waals surface area contributed by atoms with Crippen LogP contribution in [0.5, 0.6) is 0 Å². The number of hydrogen-bond donors (Lipinski definition) is 2. The molecular formula is C19H23N3O3. The summed E-state index contributed by atoms with van der Waals surface area (Å²) in [4.78, 5) is 22.3. The Morgan fingerprint density at radius 1 is 1.32 bits per heavy atom. The van der Waals surface area contributed by atoms with Gasteiger partial charge in [0.2, 0.25) is 0 Å². The number of aliphatic hydroxyl groups is 1. The highest BCUT2D eigenvalue weighted by molar-refractivity contribution is 6.00. The second-order valence-corrected chi connectivity index (χ2v) is 6.85. The van der Waals surface area contributed by atoms with E-state index in [0.717, 1.165) is 18.4 Å². The molecule has 1 aromatic heterocycles. The van der Waals surface area contributed by atoms with E-state index in [2.05, 4.69) is 9.97 Å². The van der Waals surface area contributed by atoms with Crippen LogP contribution in [0.4, 0.5) is 0 Å². The Hall–Kier alpha value is -2.18. The predicted octanol–water partition coefficient (Wildman–Crippen LogP) is 2.22. The molecule has 2 aromatic rings. The molecule has 0 saturated carbocycles. The second-order valence-electron chi connectivity index (χ2n) is 6.85. The highest BCUT2D eigenvalue weighted by atomic mass is 16.5. The standard InChI is InChI=1S/C19H23N3O3/c23-16-6-3-13-25-19(16)7-11-22(12-8-19)18(24)15-5-2-1-4-14(15)17-20-9-10-21-17/h1-2,4-5,9-10,16,23H,3,6-8,11-13H2,(H,20,21)/t16-/m0/s1. The summed E-state index contributed by atoms with van der Waals surface area (Å²) in [6, 6.07) is 7.53. The first kappa shape index (κ1) is 16.3. The topological polar surface area (TPSA) is 78.5 Å². The van der Waals surface area contributed by atoms with Gasteiger partial charge < -0.3 is 19.7 Å². The Labute approximate surface area is 146 Å². The van der Waals surface area contributed by atoms with Gasteiger partial charge in [-0.25, -0.2) is 4.98 Å². The van der Waals surface area contributed by atoms with Crippen molar-refractivity contribution in [3.8, 4) is 11.4 Å². The number of ether oxygens (including phenoxy) is 1. The molecule has 0 unspecified atom stereocenters. The van der Waals surface area contributed by atoms with Gasteiger partial charge in [0.05, 0.1) is 17.3 Å². The van der Waals surface area contributed by atoms with Crippen molar-refractivity contribution in [1.82, 2.24) is 14.9 Å². The summed E-state index contributed by atoms with van der Waals surface area (Å²) in [5, 5.41) is 10.4. The third-order valence-corrected chi connectivity index (χ3v) is 5.43. The number of amides is 1. The number of aromatic amines is 1. The fraction of sp³-hybridized carbons (Fsp3) is 0.474. The highest BCUT2D eigenvalue weighted by Gasteiger charge is 2.44. The molecule has 0 bridgehead atoms.